The van der Waals surface area contributed by atoms with E-state index in [-0.39, 0.29) is 0 Å². The zero-order chi connectivity index (χ0) is 10.3. The van der Waals surface area contributed by atoms with E-state index in [2.05, 4.69) is 20.9 Å². The molecule has 0 saturated carbocycles. The average molecular weight is 264 g/mol. The molecule has 0 spiro atoms. The Bertz CT molecular complexity index is 472. The number of H-pyrrole nitrogens is 1. The van der Waals surface area contributed by atoms with E-state index in [4.69, 9.17) is 0 Å². The Balaban J connectivity index is 2.70. The monoisotopic (exact) mass is 263 g/mol. The Morgan fingerprint density at radius 2 is 1.93 bits per heavy atom. The summed E-state index contributed by atoms with van der Waals surface area (Å²) in [6.07, 6.45) is -2.69. The first-order valence-corrected chi connectivity index (χ1v) is 4.61. The van der Waals surface area contributed by atoms with Crippen LogP contribution in [-0.4, -0.2) is 4.98 Å². The summed E-state index contributed by atoms with van der Waals surface area (Å²) < 4.78 is 37.5. The molecule has 1 N–H and O–H groups in total. The standard InChI is InChI=1S/C9H5BrF3N/c10-7-4-6(9(11,12)13)3-5-1-2-14-8(5)7/h1-4,14H. The zero-order valence-electron chi connectivity index (χ0n) is 6.82. The van der Waals surface area contributed by atoms with E-state index >= 15 is 0 Å². The number of alkyl halides is 3. The molecular formula is C9H5BrF3N. The van der Waals surface area contributed by atoms with Crippen LogP contribution in [0.4, 0.5) is 13.2 Å². The highest BCUT2D eigenvalue weighted by Crippen LogP contribution is 2.34. The van der Waals surface area contributed by atoms with Crippen molar-refractivity contribution in [3.05, 3.63) is 34.4 Å². The van der Waals surface area contributed by atoms with Gasteiger partial charge in [0.2, 0.25) is 0 Å². The fourth-order valence-corrected chi connectivity index (χ4v) is 1.88. The van der Waals surface area contributed by atoms with Crippen LogP contribution in [0, 0.1) is 0 Å². The summed E-state index contributed by atoms with van der Waals surface area (Å²) in [7, 11) is 0. The van der Waals surface area contributed by atoms with Crippen LogP contribution in [0.15, 0.2) is 28.9 Å². The molecule has 0 unspecified atom stereocenters. The predicted molar refractivity (Wildman–Crippen MR) is 51.0 cm³/mol. The van der Waals surface area contributed by atoms with E-state index < -0.39 is 11.7 Å². The first-order chi connectivity index (χ1) is 6.48. The second-order valence-electron chi connectivity index (χ2n) is 2.90. The van der Waals surface area contributed by atoms with Gasteiger partial charge in [-0.25, -0.2) is 0 Å². The summed E-state index contributed by atoms with van der Waals surface area (Å²) in [5, 5.41) is 0.548. The van der Waals surface area contributed by atoms with Gasteiger partial charge in [-0.05, 0) is 34.1 Å². The normalized spacial score (nSPS) is 12.3. The number of benzene rings is 1. The van der Waals surface area contributed by atoms with Crippen LogP contribution < -0.4 is 0 Å². The molecule has 0 atom stereocenters. The van der Waals surface area contributed by atoms with Gasteiger partial charge in [-0.2, -0.15) is 13.2 Å². The Morgan fingerprint density at radius 3 is 2.57 bits per heavy atom. The zero-order valence-corrected chi connectivity index (χ0v) is 8.41. The molecular weight excluding hydrogens is 259 g/mol. The van der Waals surface area contributed by atoms with E-state index in [1.165, 1.54) is 0 Å². The molecule has 1 heterocycles. The van der Waals surface area contributed by atoms with E-state index in [9.17, 15) is 13.2 Å². The lowest BCUT2D eigenvalue weighted by Crippen LogP contribution is -2.04. The molecule has 2 rings (SSSR count). The van der Waals surface area contributed by atoms with Gasteiger partial charge in [0.15, 0.2) is 0 Å². The summed E-state index contributed by atoms with van der Waals surface area (Å²) in [5.74, 6) is 0. The maximum Gasteiger partial charge on any atom is 0.416 e. The van der Waals surface area contributed by atoms with Crippen molar-refractivity contribution >= 4 is 26.8 Å². The average Bonchev–Trinajstić information content (AvgIpc) is 2.50. The molecule has 5 heteroatoms. The van der Waals surface area contributed by atoms with E-state index in [1.54, 1.807) is 12.3 Å². The predicted octanol–water partition coefficient (Wildman–Crippen LogP) is 3.95. The third kappa shape index (κ3) is 1.52. The molecule has 1 nitrogen and oxygen atoms in total. The van der Waals surface area contributed by atoms with Gasteiger partial charge >= 0.3 is 6.18 Å². The number of hydrogen-bond acceptors (Lipinski definition) is 0. The lowest BCUT2D eigenvalue weighted by molar-refractivity contribution is -0.137. The van der Waals surface area contributed by atoms with Crippen molar-refractivity contribution < 1.29 is 13.2 Å². The smallest absolute Gasteiger partial charge is 0.360 e. The van der Waals surface area contributed by atoms with Crippen molar-refractivity contribution in [2.45, 2.75) is 6.18 Å². The third-order valence-corrected chi connectivity index (χ3v) is 2.56. The molecule has 0 amide bonds. The molecule has 0 saturated heterocycles. The minimum Gasteiger partial charge on any atom is -0.360 e. The minimum absolute atomic E-state index is 0.423. The second-order valence-corrected chi connectivity index (χ2v) is 3.75. The molecule has 1 aromatic carbocycles. The van der Waals surface area contributed by atoms with Crippen molar-refractivity contribution in [2.75, 3.05) is 0 Å². The molecule has 2 aromatic rings. The first-order valence-electron chi connectivity index (χ1n) is 3.82. The van der Waals surface area contributed by atoms with Gasteiger partial charge in [0.1, 0.15) is 0 Å². The highest BCUT2D eigenvalue weighted by atomic mass is 79.9. The lowest BCUT2D eigenvalue weighted by atomic mass is 10.1. The van der Waals surface area contributed by atoms with Crippen molar-refractivity contribution in [2.24, 2.45) is 0 Å². The topological polar surface area (TPSA) is 15.8 Å². The number of halogens is 4. The third-order valence-electron chi connectivity index (χ3n) is 1.94. The largest absolute Gasteiger partial charge is 0.416 e. The minimum atomic E-state index is -4.30. The Hall–Kier alpha value is -0.970. The van der Waals surface area contributed by atoms with Crippen molar-refractivity contribution in [1.29, 1.82) is 0 Å². The molecule has 0 fully saturated rings. The van der Waals surface area contributed by atoms with E-state index in [0.717, 1.165) is 12.1 Å². The number of fused-ring (bicyclic) bond motifs is 1. The molecule has 74 valence electrons. The van der Waals surface area contributed by atoms with Gasteiger partial charge in [-0.3, -0.25) is 0 Å². The van der Waals surface area contributed by atoms with Gasteiger partial charge in [0, 0.05) is 16.1 Å². The van der Waals surface area contributed by atoms with Crippen LogP contribution in [0.5, 0.6) is 0 Å². The maximum absolute atomic E-state index is 12.4. The maximum atomic E-state index is 12.4. The van der Waals surface area contributed by atoms with Gasteiger partial charge in [0.25, 0.3) is 0 Å². The van der Waals surface area contributed by atoms with Gasteiger partial charge in [0.05, 0.1) is 11.1 Å². The highest BCUT2D eigenvalue weighted by molar-refractivity contribution is 9.10. The number of aromatic amines is 1. The summed E-state index contributed by atoms with van der Waals surface area (Å²) in [6.45, 7) is 0. The summed E-state index contributed by atoms with van der Waals surface area (Å²) in [4.78, 5) is 2.85. The van der Waals surface area contributed by atoms with Gasteiger partial charge in [-0.15, -0.1) is 0 Å². The highest BCUT2D eigenvalue weighted by Gasteiger charge is 2.31. The lowest BCUT2D eigenvalue weighted by Gasteiger charge is -2.07. The fraction of sp³-hybridized carbons (Fsp3) is 0.111. The molecule has 0 aliphatic heterocycles. The molecule has 0 aliphatic carbocycles. The summed E-state index contributed by atoms with van der Waals surface area (Å²) >= 11 is 3.09. The molecule has 1 aromatic heterocycles. The quantitative estimate of drug-likeness (QED) is 0.741. The summed E-state index contributed by atoms with van der Waals surface area (Å²) in [6, 6.07) is 3.80. The molecule has 0 bridgehead atoms. The molecule has 0 radical (unpaired) electrons. The number of nitrogens with one attached hydrogen (secondary N) is 1. The van der Waals surface area contributed by atoms with Crippen LogP contribution in [0.25, 0.3) is 10.9 Å². The summed E-state index contributed by atoms with van der Waals surface area (Å²) in [5.41, 5.74) is 0.0366. The van der Waals surface area contributed by atoms with Crippen LogP contribution in [0.1, 0.15) is 5.56 Å². The fourth-order valence-electron chi connectivity index (χ4n) is 1.29. The van der Waals surface area contributed by atoms with Crippen LogP contribution in [0.2, 0.25) is 0 Å². The second kappa shape index (κ2) is 3.02. The van der Waals surface area contributed by atoms with Gasteiger partial charge in [-0.1, -0.05) is 0 Å². The van der Waals surface area contributed by atoms with Crippen LogP contribution in [0.3, 0.4) is 0 Å². The molecule has 0 aliphatic rings. The Morgan fingerprint density at radius 1 is 1.21 bits per heavy atom. The number of hydrogen-bond donors (Lipinski definition) is 1. The van der Waals surface area contributed by atoms with E-state index in [0.29, 0.717) is 15.4 Å². The van der Waals surface area contributed by atoms with Crippen molar-refractivity contribution in [3.8, 4) is 0 Å². The van der Waals surface area contributed by atoms with Crippen LogP contribution in [-0.2, 0) is 6.18 Å². The van der Waals surface area contributed by atoms with Crippen LogP contribution >= 0.6 is 15.9 Å². The van der Waals surface area contributed by atoms with Crippen molar-refractivity contribution in [3.63, 3.8) is 0 Å². The van der Waals surface area contributed by atoms with Gasteiger partial charge < -0.3 is 4.98 Å². The molecule has 14 heavy (non-hydrogen) atoms. The van der Waals surface area contributed by atoms with E-state index in [1.807, 2.05) is 0 Å². The Kier molecular flexibility index (Phi) is 2.06. The first kappa shape index (κ1) is 9.58. The SMILES string of the molecule is FC(F)(F)c1cc(Br)c2[nH]ccc2c1. The van der Waals surface area contributed by atoms with Crippen molar-refractivity contribution in [1.82, 2.24) is 4.98 Å². The number of rotatable bonds is 0. The number of aromatic nitrogens is 1. The Labute approximate surface area is 86.1 Å².